The van der Waals surface area contributed by atoms with Gasteiger partial charge < -0.3 is 10.2 Å². The van der Waals surface area contributed by atoms with Gasteiger partial charge in [0.15, 0.2) is 0 Å². The third kappa shape index (κ3) is 5.21. The Morgan fingerprint density at radius 1 is 1.00 bits per heavy atom. The first-order valence-corrected chi connectivity index (χ1v) is 10.9. The largest absolute Gasteiger partial charge is 0.352 e. The number of amides is 2. The molecule has 1 N–H and O–H groups in total. The SMILES string of the molecule is CCCCC1CCC(C(=O)N2CCN(C(C)C(=O)NC3CC3)CC2)CC1. The molecule has 3 aliphatic rings. The molecule has 0 bridgehead atoms. The molecular weight excluding hydrogens is 326 g/mol. The fraction of sp³-hybridized carbons (Fsp3) is 0.905. The first-order valence-electron chi connectivity index (χ1n) is 10.9. The van der Waals surface area contributed by atoms with Gasteiger partial charge in [-0.05, 0) is 51.4 Å². The maximum Gasteiger partial charge on any atom is 0.237 e. The summed E-state index contributed by atoms with van der Waals surface area (Å²) < 4.78 is 0. The van der Waals surface area contributed by atoms with E-state index in [0.717, 1.165) is 57.8 Å². The molecule has 0 aromatic heterocycles. The van der Waals surface area contributed by atoms with E-state index in [1.807, 2.05) is 6.92 Å². The van der Waals surface area contributed by atoms with E-state index >= 15 is 0 Å². The normalized spacial score (nSPS) is 28.6. The number of nitrogens with one attached hydrogen (secondary N) is 1. The lowest BCUT2D eigenvalue weighted by Crippen LogP contribution is -2.56. The van der Waals surface area contributed by atoms with Crippen LogP contribution in [-0.2, 0) is 9.59 Å². The molecule has 1 heterocycles. The molecule has 5 heteroatoms. The number of nitrogens with zero attached hydrogens (tertiary/aromatic N) is 2. The van der Waals surface area contributed by atoms with E-state index in [1.165, 1.54) is 32.1 Å². The quantitative estimate of drug-likeness (QED) is 0.757. The second-order valence-electron chi connectivity index (χ2n) is 8.68. The molecule has 1 saturated heterocycles. The molecule has 26 heavy (non-hydrogen) atoms. The molecule has 0 aromatic carbocycles. The van der Waals surface area contributed by atoms with Crippen LogP contribution in [0.3, 0.4) is 0 Å². The average Bonchev–Trinajstić information content (AvgIpc) is 3.49. The molecular formula is C21H37N3O2. The first-order chi connectivity index (χ1) is 12.6. The predicted molar refractivity (Wildman–Crippen MR) is 104 cm³/mol. The summed E-state index contributed by atoms with van der Waals surface area (Å²) in [5.74, 6) is 1.61. The molecule has 1 aliphatic heterocycles. The minimum atomic E-state index is -0.0816. The minimum absolute atomic E-state index is 0.0816. The Hall–Kier alpha value is -1.10. The lowest BCUT2D eigenvalue weighted by molar-refractivity contribution is -0.139. The summed E-state index contributed by atoms with van der Waals surface area (Å²) in [6.45, 7) is 7.43. The van der Waals surface area contributed by atoms with Gasteiger partial charge in [0.1, 0.15) is 0 Å². The van der Waals surface area contributed by atoms with Crippen molar-refractivity contribution in [2.75, 3.05) is 26.2 Å². The van der Waals surface area contributed by atoms with Crippen LogP contribution in [0.5, 0.6) is 0 Å². The van der Waals surface area contributed by atoms with Crippen LogP contribution in [0, 0.1) is 11.8 Å². The highest BCUT2D eigenvalue weighted by Crippen LogP contribution is 2.33. The topological polar surface area (TPSA) is 52.7 Å². The predicted octanol–water partition coefficient (Wildman–Crippen LogP) is 2.79. The number of carbonyl (C=O) groups excluding carboxylic acids is 2. The summed E-state index contributed by atoms with van der Waals surface area (Å²) >= 11 is 0. The molecule has 0 aromatic rings. The molecule has 3 rings (SSSR count). The maximum absolute atomic E-state index is 12.9. The van der Waals surface area contributed by atoms with Crippen molar-refractivity contribution in [2.45, 2.75) is 83.7 Å². The van der Waals surface area contributed by atoms with E-state index < -0.39 is 0 Å². The van der Waals surface area contributed by atoms with Crippen molar-refractivity contribution in [2.24, 2.45) is 11.8 Å². The molecule has 3 fully saturated rings. The lowest BCUT2D eigenvalue weighted by Gasteiger charge is -2.39. The number of piperazine rings is 1. The Bertz CT molecular complexity index is 476. The zero-order chi connectivity index (χ0) is 18.5. The lowest BCUT2D eigenvalue weighted by atomic mass is 9.79. The Balaban J connectivity index is 1.38. The van der Waals surface area contributed by atoms with Crippen molar-refractivity contribution >= 4 is 11.8 Å². The zero-order valence-electron chi connectivity index (χ0n) is 16.7. The van der Waals surface area contributed by atoms with Crippen molar-refractivity contribution in [3.63, 3.8) is 0 Å². The van der Waals surface area contributed by atoms with Crippen molar-refractivity contribution in [3.8, 4) is 0 Å². The summed E-state index contributed by atoms with van der Waals surface area (Å²) in [6, 6.07) is 0.335. The second kappa shape index (κ2) is 9.20. The molecule has 0 radical (unpaired) electrons. The summed E-state index contributed by atoms with van der Waals surface area (Å²) in [7, 11) is 0. The summed E-state index contributed by atoms with van der Waals surface area (Å²) in [5.41, 5.74) is 0. The van der Waals surface area contributed by atoms with E-state index in [4.69, 9.17) is 0 Å². The smallest absolute Gasteiger partial charge is 0.237 e. The second-order valence-corrected chi connectivity index (χ2v) is 8.68. The Morgan fingerprint density at radius 3 is 2.23 bits per heavy atom. The van der Waals surface area contributed by atoms with Crippen LogP contribution in [-0.4, -0.2) is 59.9 Å². The van der Waals surface area contributed by atoms with Gasteiger partial charge in [0.2, 0.25) is 11.8 Å². The van der Waals surface area contributed by atoms with Crippen LogP contribution < -0.4 is 5.32 Å². The third-order valence-corrected chi connectivity index (χ3v) is 6.64. The molecule has 2 amide bonds. The molecule has 1 atom stereocenters. The summed E-state index contributed by atoms with van der Waals surface area (Å²) in [5, 5.41) is 3.09. The standard InChI is InChI=1S/C21H37N3O2/c1-3-4-5-17-6-8-18(9-7-17)21(26)24-14-12-23(13-15-24)16(2)20(25)22-19-10-11-19/h16-19H,3-15H2,1-2H3,(H,22,25). The van der Waals surface area contributed by atoms with Gasteiger partial charge in [-0.2, -0.15) is 0 Å². The van der Waals surface area contributed by atoms with Crippen LogP contribution in [0.1, 0.15) is 71.6 Å². The van der Waals surface area contributed by atoms with Crippen LogP contribution in [0.25, 0.3) is 0 Å². The van der Waals surface area contributed by atoms with Crippen molar-refractivity contribution in [1.29, 1.82) is 0 Å². The molecule has 2 saturated carbocycles. The number of unbranched alkanes of at least 4 members (excludes halogenated alkanes) is 1. The highest BCUT2D eigenvalue weighted by atomic mass is 16.2. The van der Waals surface area contributed by atoms with E-state index in [2.05, 4.69) is 22.0 Å². The fourth-order valence-corrected chi connectivity index (χ4v) is 4.49. The van der Waals surface area contributed by atoms with Gasteiger partial charge in [0.25, 0.3) is 0 Å². The van der Waals surface area contributed by atoms with Gasteiger partial charge in [-0.25, -0.2) is 0 Å². The summed E-state index contributed by atoms with van der Waals surface area (Å²) in [4.78, 5) is 29.4. The zero-order valence-corrected chi connectivity index (χ0v) is 16.7. The maximum atomic E-state index is 12.9. The summed E-state index contributed by atoms with van der Waals surface area (Å²) in [6.07, 6.45) is 10.8. The van der Waals surface area contributed by atoms with Gasteiger partial charge in [0, 0.05) is 38.1 Å². The van der Waals surface area contributed by atoms with Gasteiger partial charge in [-0.15, -0.1) is 0 Å². The van der Waals surface area contributed by atoms with E-state index in [-0.39, 0.29) is 17.9 Å². The Kier molecular flexibility index (Phi) is 6.96. The fourth-order valence-electron chi connectivity index (χ4n) is 4.49. The number of rotatable bonds is 7. The molecule has 1 unspecified atom stereocenters. The van der Waals surface area contributed by atoms with Crippen molar-refractivity contribution in [1.82, 2.24) is 15.1 Å². The monoisotopic (exact) mass is 363 g/mol. The van der Waals surface area contributed by atoms with Crippen LogP contribution >= 0.6 is 0 Å². The first kappa shape index (κ1) is 19.7. The highest BCUT2D eigenvalue weighted by Gasteiger charge is 2.33. The van der Waals surface area contributed by atoms with Gasteiger partial charge in [0.05, 0.1) is 6.04 Å². The van der Waals surface area contributed by atoms with E-state index in [1.54, 1.807) is 0 Å². The highest BCUT2D eigenvalue weighted by molar-refractivity contribution is 5.82. The van der Waals surface area contributed by atoms with E-state index in [9.17, 15) is 9.59 Å². The van der Waals surface area contributed by atoms with Crippen molar-refractivity contribution < 1.29 is 9.59 Å². The van der Waals surface area contributed by atoms with Gasteiger partial charge in [-0.1, -0.05) is 26.2 Å². The number of hydrogen-bond acceptors (Lipinski definition) is 3. The number of hydrogen-bond donors (Lipinski definition) is 1. The third-order valence-electron chi connectivity index (χ3n) is 6.64. The van der Waals surface area contributed by atoms with Crippen LogP contribution in [0.4, 0.5) is 0 Å². The van der Waals surface area contributed by atoms with Crippen molar-refractivity contribution in [3.05, 3.63) is 0 Å². The molecule has 0 spiro atoms. The molecule has 148 valence electrons. The molecule has 5 nitrogen and oxygen atoms in total. The Morgan fingerprint density at radius 2 is 1.65 bits per heavy atom. The van der Waals surface area contributed by atoms with Crippen LogP contribution in [0.15, 0.2) is 0 Å². The minimum Gasteiger partial charge on any atom is -0.352 e. The average molecular weight is 364 g/mol. The van der Waals surface area contributed by atoms with Crippen LogP contribution in [0.2, 0.25) is 0 Å². The van der Waals surface area contributed by atoms with E-state index in [0.29, 0.717) is 11.9 Å². The van der Waals surface area contributed by atoms with Gasteiger partial charge >= 0.3 is 0 Å². The van der Waals surface area contributed by atoms with Gasteiger partial charge in [-0.3, -0.25) is 14.5 Å². The molecule has 2 aliphatic carbocycles. The Labute approximate surface area is 158 Å². The number of carbonyl (C=O) groups is 2.